The van der Waals surface area contributed by atoms with E-state index in [-0.39, 0.29) is 0 Å². The molecule has 0 amide bonds. The molecule has 0 radical (unpaired) electrons. The van der Waals surface area contributed by atoms with Crippen molar-refractivity contribution in [2.75, 3.05) is 7.11 Å². The van der Waals surface area contributed by atoms with Crippen LogP contribution >= 0.6 is 0 Å². The van der Waals surface area contributed by atoms with Gasteiger partial charge in [-0.05, 0) is 47.5 Å². The van der Waals surface area contributed by atoms with Gasteiger partial charge in [0.25, 0.3) is 0 Å². The van der Waals surface area contributed by atoms with E-state index in [1.54, 1.807) is 25.5 Å². The molecule has 0 heterocycles. The number of oxime groups is 1. The highest BCUT2D eigenvalue weighted by Crippen LogP contribution is 2.10. The first-order valence-corrected chi connectivity index (χ1v) is 6.10. The van der Waals surface area contributed by atoms with Gasteiger partial charge >= 0.3 is 0 Å². The maximum absolute atomic E-state index is 8.69. The Hall–Kier alpha value is -2.80. The van der Waals surface area contributed by atoms with E-state index < -0.39 is 0 Å². The van der Waals surface area contributed by atoms with Crippen LogP contribution in [-0.4, -0.2) is 13.3 Å². The maximum Gasteiger partial charge on any atom is 0.142 e. The van der Waals surface area contributed by atoms with Crippen LogP contribution in [0.3, 0.4) is 0 Å². The average molecular weight is 266 g/mol. The van der Waals surface area contributed by atoms with Crippen molar-refractivity contribution < 1.29 is 9.57 Å². The van der Waals surface area contributed by atoms with E-state index in [0.717, 1.165) is 16.9 Å². The normalized spacial score (nSPS) is 10.2. The molecule has 4 nitrogen and oxygen atoms in total. The predicted octanol–water partition coefficient (Wildman–Crippen LogP) is 3.12. The minimum Gasteiger partial charge on any atom is -0.497 e. The Balaban J connectivity index is 1.85. The molecule has 0 unspecified atom stereocenters. The standard InChI is InChI=1S/C16H14N2O2/c1-19-16-8-6-14(7-9-16)11-18-20-12-15-4-2-13(10-17)3-5-15/h2-9,11H,12H2,1H3. The van der Waals surface area contributed by atoms with Crippen LogP contribution in [0.5, 0.6) is 5.75 Å². The van der Waals surface area contributed by atoms with Gasteiger partial charge in [-0.25, -0.2) is 0 Å². The lowest BCUT2D eigenvalue weighted by Gasteiger charge is -2.00. The van der Waals surface area contributed by atoms with Crippen LogP contribution in [0.25, 0.3) is 0 Å². The van der Waals surface area contributed by atoms with E-state index in [1.165, 1.54) is 0 Å². The summed E-state index contributed by atoms with van der Waals surface area (Å²) in [6.45, 7) is 0.373. The third kappa shape index (κ3) is 3.85. The van der Waals surface area contributed by atoms with Crippen molar-refractivity contribution in [1.82, 2.24) is 0 Å². The lowest BCUT2D eigenvalue weighted by molar-refractivity contribution is 0.132. The third-order valence-electron chi connectivity index (χ3n) is 2.71. The van der Waals surface area contributed by atoms with E-state index in [2.05, 4.69) is 11.2 Å². The molecule has 0 aromatic heterocycles. The quantitative estimate of drug-likeness (QED) is 0.617. The first kappa shape index (κ1) is 13.6. The van der Waals surface area contributed by atoms with Crippen molar-refractivity contribution in [3.05, 3.63) is 65.2 Å². The molecule has 0 saturated carbocycles. The van der Waals surface area contributed by atoms with Crippen molar-refractivity contribution in [2.24, 2.45) is 5.16 Å². The van der Waals surface area contributed by atoms with Crippen molar-refractivity contribution in [2.45, 2.75) is 6.61 Å². The molecule has 0 saturated heterocycles. The molecule has 0 aliphatic heterocycles. The third-order valence-corrected chi connectivity index (χ3v) is 2.71. The van der Waals surface area contributed by atoms with Gasteiger partial charge in [0.2, 0.25) is 0 Å². The van der Waals surface area contributed by atoms with Gasteiger partial charge in [-0.2, -0.15) is 5.26 Å². The van der Waals surface area contributed by atoms with Crippen molar-refractivity contribution in [3.63, 3.8) is 0 Å². The molecule has 0 fully saturated rings. The number of hydrogen-bond donors (Lipinski definition) is 0. The van der Waals surface area contributed by atoms with E-state index in [0.29, 0.717) is 12.2 Å². The summed E-state index contributed by atoms with van der Waals surface area (Å²) in [7, 11) is 1.63. The second kappa shape index (κ2) is 6.95. The zero-order valence-electron chi connectivity index (χ0n) is 11.1. The molecule has 0 spiro atoms. The summed E-state index contributed by atoms with van der Waals surface area (Å²) < 4.78 is 5.07. The summed E-state index contributed by atoms with van der Waals surface area (Å²) in [6, 6.07) is 16.8. The molecule has 0 N–H and O–H groups in total. The predicted molar refractivity (Wildman–Crippen MR) is 76.5 cm³/mol. The van der Waals surface area contributed by atoms with E-state index in [4.69, 9.17) is 14.8 Å². The Morgan fingerprint density at radius 3 is 2.40 bits per heavy atom. The van der Waals surface area contributed by atoms with Gasteiger partial charge in [-0.3, -0.25) is 0 Å². The first-order valence-electron chi connectivity index (χ1n) is 6.10. The van der Waals surface area contributed by atoms with Crippen molar-refractivity contribution in [3.8, 4) is 11.8 Å². The molecule has 0 atom stereocenters. The Bertz CT molecular complexity index is 610. The van der Waals surface area contributed by atoms with Gasteiger partial charge in [0.15, 0.2) is 0 Å². The highest BCUT2D eigenvalue weighted by atomic mass is 16.6. The number of nitriles is 1. The maximum atomic E-state index is 8.69. The minimum atomic E-state index is 0.373. The molecule has 2 aromatic carbocycles. The fourth-order valence-electron chi connectivity index (χ4n) is 1.58. The van der Waals surface area contributed by atoms with Gasteiger partial charge in [0, 0.05) is 0 Å². The summed E-state index contributed by atoms with van der Waals surface area (Å²) in [5.41, 5.74) is 2.54. The second-order valence-corrected chi connectivity index (χ2v) is 4.09. The second-order valence-electron chi connectivity index (χ2n) is 4.09. The fourth-order valence-corrected chi connectivity index (χ4v) is 1.58. The number of nitrogens with zero attached hydrogens (tertiary/aromatic N) is 2. The lowest BCUT2D eigenvalue weighted by atomic mass is 10.2. The van der Waals surface area contributed by atoms with Crippen LogP contribution in [0.2, 0.25) is 0 Å². The molecule has 0 bridgehead atoms. The Kier molecular flexibility index (Phi) is 4.74. The van der Waals surface area contributed by atoms with Crippen molar-refractivity contribution >= 4 is 6.21 Å². The zero-order chi connectivity index (χ0) is 14.2. The molecule has 2 rings (SSSR count). The summed E-state index contributed by atoms with van der Waals surface area (Å²) in [4.78, 5) is 5.21. The summed E-state index contributed by atoms with van der Waals surface area (Å²) >= 11 is 0. The summed E-state index contributed by atoms with van der Waals surface area (Å²) in [6.07, 6.45) is 1.64. The molecule has 0 aliphatic rings. The van der Waals surface area contributed by atoms with Crippen LogP contribution < -0.4 is 4.74 Å². The number of ether oxygens (including phenoxy) is 1. The topological polar surface area (TPSA) is 54.6 Å². The van der Waals surface area contributed by atoms with Crippen LogP contribution in [-0.2, 0) is 11.4 Å². The van der Waals surface area contributed by atoms with Gasteiger partial charge in [-0.1, -0.05) is 17.3 Å². The number of rotatable bonds is 5. The monoisotopic (exact) mass is 266 g/mol. The summed E-state index contributed by atoms with van der Waals surface area (Å²) in [5, 5.41) is 12.6. The van der Waals surface area contributed by atoms with Crippen LogP contribution in [0, 0.1) is 11.3 Å². The first-order chi connectivity index (χ1) is 9.81. The molecule has 2 aromatic rings. The Morgan fingerprint density at radius 2 is 1.80 bits per heavy atom. The van der Waals surface area contributed by atoms with Crippen molar-refractivity contribution in [1.29, 1.82) is 5.26 Å². The highest BCUT2D eigenvalue weighted by Gasteiger charge is 1.94. The lowest BCUT2D eigenvalue weighted by Crippen LogP contribution is -1.89. The summed E-state index contributed by atoms with van der Waals surface area (Å²) in [5.74, 6) is 0.806. The van der Waals surface area contributed by atoms with Gasteiger partial charge in [-0.15, -0.1) is 0 Å². The zero-order valence-corrected chi connectivity index (χ0v) is 11.1. The molecule has 20 heavy (non-hydrogen) atoms. The Labute approximate surface area is 117 Å². The van der Waals surface area contributed by atoms with Gasteiger partial charge in [0.1, 0.15) is 12.4 Å². The smallest absolute Gasteiger partial charge is 0.142 e. The highest BCUT2D eigenvalue weighted by molar-refractivity contribution is 5.79. The molecule has 0 aliphatic carbocycles. The number of benzene rings is 2. The van der Waals surface area contributed by atoms with Gasteiger partial charge < -0.3 is 9.57 Å². The van der Waals surface area contributed by atoms with Gasteiger partial charge in [0.05, 0.1) is 25.0 Å². The van der Waals surface area contributed by atoms with E-state index in [9.17, 15) is 0 Å². The average Bonchev–Trinajstić information content (AvgIpc) is 2.53. The minimum absolute atomic E-state index is 0.373. The molecule has 4 heteroatoms. The van der Waals surface area contributed by atoms with Crippen LogP contribution in [0.1, 0.15) is 16.7 Å². The van der Waals surface area contributed by atoms with Crippen LogP contribution in [0.4, 0.5) is 0 Å². The van der Waals surface area contributed by atoms with E-state index >= 15 is 0 Å². The SMILES string of the molecule is COc1ccc(C=NOCc2ccc(C#N)cc2)cc1. The molecule has 100 valence electrons. The molecular formula is C16H14N2O2. The largest absolute Gasteiger partial charge is 0.497 e. The number of methoxy groups -OCH3 is 1. The van der Waals surface area contributed by atoms with Crippen LogP contribution in [0.15, 0.2) is 53.7 Å². The molecular weight excluding hydrogens is 252 g/mol. The Morgan fingerprint density at radius 1 is 1.10 bits per heavy atom. The number of hydrogen-bond acceptors (Lipinski definition) is 4. The fraction of sp³-hybridized carbons (Fsp3) is 0.125. The van der Waals surface area contributed by atoms with E-state index in [1.807, 2.05) is 36.4 Å².